The zero-order valence-electron chi connectivity index (χ0n) is 21.3. The Labute approximate surface area is 212 Å². The predicted molar refractivity (Wildman–Crippen MR) is 133 cm³/mol. The summed E-state index contributed by atoms with van der Waals surface area (Å²) in [5.74, 6) is 0.694. The lowest BCUT2D eigenvalue weighted by molar-refractivity contribution is -0.119. The molecule has 196 valence electrons. The van der Waals surface area contributed by atoms with Gasteiger partial charge in [0.05, 0.1) is 6.61 Å². The van der Waals surface area contributed by atoms with Crippen LogP contribution in [0.2, 0.25) is 0 Å². The first-order chi connectivity index (χ1) is 17.5. The highest BCUT2D eigenvalue weighted by Gasteiger charge is 2.50. The molecule has 2 saturated heterocycles. The molecule has 3 aliphatic heterocycles. The standard InChI is InChI=1S/C28H38FN3O4/c1-35-13-14-36-27(34)31-10-2-3-20-15-22(17-25(20)31)30-11-8-28(9-12-30)18-32(26(33)19-4-5-19)24-7-6-21(29)16-23(24)28/h6-7,16,19-20,22,25H,2-5,8-15,17-18H2,1H3. The van der Waals surface area contributed by atoms with Crippen molar-refractivity contribution in [1.82, 2.24) is 9.80 Å². The molecule has 0 bridgehead atoms. The number of hydrogen-bond acceptors (Lipinski definition) is 5. The van der Waals surface area contributed by atoms with Crippen LogP contribution in [0.4, 0.5) is 14.9 Å². The molecule has 1 spiro atoms. The van der Waals surface area contributed by atoms with Gasteiger partial charge in [0.1, 0.15) is 12.4 Å². The molecule has 0 radical (unpaired) electrons. The molecule has 7 nitrogen and oxygen atoms in total. The van der Waals surface area contributed by atoms with Crippen molar-refractivity contribution in [2.75, 3.05) is 51.4 Å². The molecule has 36 heavy (non-hydrogen) atoms. The molecule has 2 aliphatic carbocycles. The van der Waals surface area contributed by atoms with Gasteiger partial charge >= 0.3 is 6.09 Å². The molecule has 8 heteroatoms. The molecule has 1 aromatic rings. The van der Waals surface area contributed by atoms with E-state index in [2.05, 4.69) is 4.90 Å². The van der Waals surface area contributed by atoms with Crippen molar-refractivity contribution < 1.29 is 23.5 Å². The summed E-state index contributed by atoms with van der Waals surface area (Å²) in [4.78, 5) is 32.3. The smallest absolute Gasteiger partial charge is 0.410 e. The quantitative estimate of drug-likeness (QED) is 0.575. The van der Waals surface area contributed by atoms with Gasteiger partial charge in [0.2, 0.25) is 5.91 Å². The first-order valence-electron chi connectivity index (χ1n) is 13.8. The highest BCUT2D eigenvalue weighted by molar-refractivity contribution is 5.99. The maximum Gasteiger partial charge on any atom is 0.410 e. The van der Waals surface area contributed by atoms with Gasteiger partial charge in [-0.2, -0.15) is 0 Å². The minimum atomic E-state index is -0.214. The number of ether oxygens (including phenoxy) is 2. The number of methoxy groups -OCH3 is 1. The molecular weight excluding hydrogens is 461 g/mol. The van der Waals surface area contributed by atoms with Crippen molar-refractivity contribution in [3.05, 3.63) is 29.6 Å². The lowest BCUT2D eigenvalue weighted by atomic mass is 9.74. The van der Waals surface area contributed by atoms with E-state index in [1.807, 2.05) is 15.9 Å². The van der Waals surface area contributed by atoms with Crippen LogP contribution in [0.3, 0.4) is 0 Å². The Morgan fingerprint density at radius 2 is 1.89 bits per heavy atom. The molecule has 2 saturated carbocycles. The van der Waals surface area contributed by atoms with Crippen molar-refractivity contribution in [2.45, 2.75) is 68.9 Å². The monoisotopic (exact) mass is 499 g/mol. The molecule has 1 aromatic carbocycles. The maximum atomic E-state index is 14.3. The minimum absolute atomic E-state index is 0.152. The van der Waals surface area contributed by atoms with Crippen LogP contribution in [0.5, 0.6) is 0 Å². The number of hydrogen-bond donors (Lipinski definition) is 0. The number of amides is 2. The van der Waals surface area contributed by atoms with Crippen LogP contribution in [-0.4, -0.2) is 80.4 Å². The zero-order chi connectivity index (χ0) is 24.9. The number of carbonyl (C=O) groups is 2. The number of piperidine rings is 2. The Morgan fingerprint density at radius 1 is 1.08 bits per heavy atom. The van der Waals surface area contributed by atoms with Crippen LogP contribution in [0, 0.1) is 17.7 Å². The van der Waals surface area contributed by atoms with Crippen LogP contribution < -0.4 is 4.90 Å². The van der Waals surface area contributed by atoms with E-state index in [0.717, 1.165) is 75.8 Å². The second-order valence-corrected chi connectivity index (χ2v) is 11.6. The van der Waals surface area contributed by atoms with Gasteiger partial charge in [0.15, 0.2) is 0 Å². The largest absolute Gasteiger partial charge is 0.447 e. The Balaban J connectivity index is 1.12. The predicted octanol–water partition coefficient (Wildman–Crippen LogP) is 3.94. The normalized spacial score (nSPS) is 29.3. The van der Waals surface area contributed by atoms with E-state index < -0.39 is 0 Å². The fraction of sp³-hybridized carbons (Fsp3) is 0.714. The SMILES string of the molecule is COCCOC(=O)N1CCCC2CC(N3CCC4(CC3)CN(C(=O)C3CC3)c3ccc(F)cc34)CC21. The van der Waals surface area contributed by atoms with E-state index in [4.69, 9.17) is 9.47 Å². The second-order valence-electron chi connectivity index (χ2n) is 11.6. The maximum absolute atomic E-state index is 14.3. The number of fused-ring (bicyclic) bond motifs is 3. The Morgan fingerprint density at radius 3 is 2.64 bits per heavy atom. The minimum Gasteiger partial charge on any atom is -0.447 e. The second kappa shape index (κ2) is 9.60. The number of nitrogens with zero attached hydrogens (tertiary/aromatic N) is 3. The third-order valence-electron chi connectivity index (χ3n) is 9.50. The first-order valence-corrected chi connectivity index (χ1v) is 13.8. The van der Waals surface area contributed by atoms with E-state index in [1.54, 1.807) is 13.2 Å². The van der Waals surface area contributed by atoms with Crippen molar-refractivity contribution >= 4 is 17.7 Å². The van der Waals surface area contributed by atoms with E-state index in [9.17, 15) is 14.0 Å². The summed E-state index contributed by atoms with van der Waals surface area (Å²) in [6.45, 7) is 4.07. The number of carbonyl (C=O) groups excluding carboxylic acids is 2. The van der Waals surface area contributed by atoms with Gasteiger partial charge in [-0.05, 0) is 94.1 Å². The van der Waals surface area contributed by atoms with Gasteiger partial charge in [-0.25, -0.2) is 9.18 Å². The van der Waals surface area contributed by atoms with Gasteiger partial charge in [-0.15, -0.1) is 0 Å². The fourth-order valence-electron chi connectivity index (χ4n) is 7.41. The number of benzene rings is 1. The number of anilines is 1. The van der Waals surface area contributed by atoms with Crippen LogP contribution in [0.25, 0.3) is 0 Å². The zero-order valence-corrected chi connectivity index (χ0v) is 21.3. The number of likely N-dealkylation sites (tertiary alicyclic amines) is 2. The molecule has 2 amide bonds. The lowest BCUT2D eigenvalue weighted by Gasteiger charge is -2.42. The Hall–Kier alpha value is -2.19. The van der Waals surface area contributed by atoms with Crippen molar-refractivity contribution in [2.24, 2.45) is 11.8 Å². The Bertz CT molecular complexity index is 1010. The van der Waals surface area contributed by atoms with E-state index in [-0.39, 0.29) is 35.2 Å². The number of halogens is 1. The Kier molecular flexibility index (Phi) is 6.44. The molecule has 0 N–H and O–H groups in total. The summed E-state index contributed by atoms with van der Waals surface area (Å²) >= 11 is 0. The van der Waals surface area contributed by atoms with Gasteiger partial charge in [0.25, 0.3) is 0 Å². The molecular formula is C28H38FN3O4. The summed E-state index contributed by atoms with van der Waals surface area (Å²) in [6.07, 6.45) is 7.95. The van der Waals surface area contributed by atoms with E-state index >= 15 is 0 Å². The van der Waals surface area contributed by atoms with Crippen molar-refractivity contribution in [1.29, 1.82) is 0 Å². The van der Waals surface area contributed by atoms with Gasteiger partial charge in [-0.3, -0.25) is 4.79 Å². The molecule has 4 fully saturated rings. The van der Waals surface area contributed by atoms with Crippen molar-refractivity contribution in [3.8, 4) is 0 Å². The average molecular weight is 500 g/mol. The summed E-state index contributed by atoms with van der Waals surface area (Å²) in [5, 5.41) is 0. The van der Waals surface area contributed by atoms with E-state index in [0.29, 0.717) is 31.7 Å². The summed E-state index contributed by atoms with van der Waals surface area (Å²) in [5.41, 5.74) is 1.80. The lowest BCUT2D eigenvalue weighted by Crippen LogP contribution is -2.49. The van der Waals surface area contributed by atoms with Crippen LogP contribution >= 0.6 is 0 Å². The average Bonchev–Trinajstić information content (AvgIpc) is 3.58. The van der Waals surface area contributed by atoms with Crippen molar-refractivity contribution in [3.63, 3.8) is 0 Å². The molecule has 3 unspecified atom stereocenters. The highest BCUT2D eigenvalue weighted by atomic mass is 19.1. The third-order valence-corrected chi connectivity index (χ3v) is 9.50. The van der Waals surface area contributed by atoms with Gasteiger partial charge in [-0.1, -0.05) is 0 Å². The number of rotatable bonds is 5. The topological polar surface area (TPSA) is 62.3 Å². The van der Waals surface area contributed by atoms with Gasteiger partial charge < -0.3 is 24.2 Å². The first kappa shape index (κ1) is 24.2. The molecule has 6 rings (SSSR count). The van der Waals surface area contributed by atoms with E-state index in [1.165, 1.54) is 12.5 Å². The van der Waals surface area contributed by atoms with Gasteiger partial charge in [0, 0.05) is 49.3 Å². The fourth-order valence-corrected chi connectivity index (χ4v) is 7.41. The third kappa shape index (κ3) is 4.30. The molecule has 3 atom stereocenters. The molecule has 5 aliphatic rings. The molecule has 0 aromatic heterocycles. The van der Waals surface area contributed by atoms with Crippen LogP contribution in [0.1, 0.15) is 56.9 Å². The van der Waals surface area contributed by atoms with Crippen LogP contribution in [0.15, 0.2) is 18.2 Å². The summed E-state index contributed by atoms with van der Waals surface area (Å²) < 4.78 is 24.8. The molecule has 3 heterocycles. The summed E-state index contributed by atoms with van der Waals surface area (Å²) in [7, 11) is 1.61. The highest BCUT2D eigenvalue weighted by Crippen LogP contribution is 2.50. The van der Waals surface area contributed by atoms with Crippen LogP contribution in [-0.2, 0) is 19.7 Å². The summed E-state index contributed by atoms with van der Waals surface area (Å²) in [6, 6.07) is 5.70.